The van der Waals surface area contributed by atoms with Gasteiger partial charge in [-0.15, -0.1) is 5.06 Å². The van der Waals surface area contributed by atoms with Gasteiger partial charge in [0.15, 0.2) is 0 Å². The predicted molar refractivity (Wildman–Crippen MR) is 95.9 cm³/mol. The van der Waals surface area contributed by atoms with E-state index in [9.17, 15) is 19.2 Å². The molecular formula is C19H23N3O6. The molecule has 0 saturated carbocycles. The molecule has 0 unspecified atom stereocenters. The molecule has 28 heavy (non-hydrogen) atoms. The molecule has 150 valence electrons. The van der Waals surface area contributed by atoms with Crippen LogP contribution >= 0.6 is 0 Å². The summed E-state index contributed by atoms with van der Waals surface area (Å²) in [5, 5.41) is 0.509. The number of nitrogens with one attached hydrogen (secondary N) is 1. The van der Waals surface area contributed by atoms with Gasteiger partial charge >= 0.3 is 12.0 Å². The van der Waals surface area contributed by atoms with Crippen LogP contribution in [0, 0.1) is 0 Å². The zero-order valence-corrected chi connectivity index (χ0v) is 15.5. The second kappa shape index (κ2) is 9.32. The van der Waals surface area contributed by atoms with Crippen molar-refractivity contribution in [2.45, 2.75) is 51.2 Å². The number of benzene rings is 1. The Hall–Kier alpha value is -2.94. The first-order valence-electron chi connectivity index (χ1n) is 9.36. The highest BCUT2D eigenvalue weighted by molar-refractivity contribution is 6.01. The van der Waals surface area contributed by atoms with Crippen molar-refractivity contribution in [3.8, 4) is 0 Å². The second-order valence-corrected chi connectivity index (χ2v) is 6.73. The summed E-state index contributed by atoms with van der Waals surface area (Å²) in [6, 6.07) is 7.89. The van der Waals surface area contributed by atoms with E-state index >= 15 is 0 Å². The molecule has 2 heterocycles. The maximum Gasteiger partial charge on any atom is 0.355 e. The molecule has 0 aromatic heterocycles. The predicted octanol–water partition coefficient (Wildman–Crippen LogP) is 1.68. The summed E-state index contributed by atoms with van der Waals surface area (Å²) in [5.74, 6) is -1.88. The number of amides is 4. The number of hydrogen-bond acceptors (Lipinski definition) is 6. The zero-order valence-electron chi connectivity index (χ0n) is 15.5. The van der Waals surface area contributed by atoms with Crippen LogP contribution in [0.4, 0.5) is 4.79 Å². The zero-order chi connectivity index (χ0) is 19.9. The molecule has 2 fully saturated rings. The Morgan fingerprint density at radius 2 is 1.75 bits per heavy atom. The van der Waals surface area contributed by atoms with Crippen molar-refractivity contribution in [3.63, 3.8) is 0 Å². The largest absolute Gasteiger partial charge is 0.355 e. The van der Waals surface area contributed by atoms with E-state index in [1.807, 2.05) is 30.3 Å². The van der Waals surface area contributed by atoms with E-state index in [4.69, 9.17) is 9.68 Å². The summed E-state index contributed by atoms with van der Waals surface area (Å²) in [6.07, 6.45) is 2.76. The quantitative estimate of drug-likeness (QED) is 0.607. The van der Waals surface area contributed by atoms with Gasteiger partial charge in [0.1, 0.15) is 6.04 Å². The lowest BCUT2D eigenvalue weighted by atomic mass is 10.1. The lowest BCUT2D eigenvalue weighted by molar-refractivity contribution is -0.200. The molecule has 2 aliphatic rings. The molecule has 1 atom stereocenters. The second-order valence-electron chi connectivity index (χ2n) is 6.73. The van der Waals surface area contributed by atoms with Gasteiger partial charge in [0, 0.05) is 19.4 Å². The molecule has 3 rings (SSSR count). The highest BCUT2D eigenvalue weighted by Gasteiger charge is 2.38. The highest BCUT2D eigenvalue weighted by Crippen LogP contribution is 2.20. The standard InChI is InChI=1S/C19H23N3O6/c23-16-10-11-17(24)22(16)28-18(25)15-9-5-2-6-12-21(15)19(26)20-27-13-14-7-3-1-4-8-14/h1,3-4,7-8,15H,2,5-6,9-13H2,(H,20,26)/t15-/m0/s1. The average Bonchev–Trinajstić information content (AvgIpc) is 2.90. The monoisotopic (exact) mass is 389 g/mol. The molecule has 0 spiro atoms. The summed E-state index contributed by atoms with van der Waals surface area (Å²) >= 11 is 0. The molecule has 1 aromatic rings. The number of urea groups is 1. The fourth-order valence-corrected chi connectivity index (χ4v) is 3.22. The van der Waals surface area contributed by atoms with Crippen molar-refractivity contribution in [2.75, 3.05) is 6.54 Å². The fourth-order valence-electron chi connectivity index (χ4n) is 3.22. The molecule has 1 aromatic carbocycles. The van der Waals surface area contributed by atoms with E-state index in [-0.39, 0.29) is 19.4 Å². The first-order valence-corrected chi connectivity index (χ1v) is 9.36. The van der Waals surface area contributed by atoms with Gasteiger partial charge in [0.2, 0.25) is 0 Å². The Bertz CT molecular complexity index is 722. The number of likely N-dealkylation sites (tertiary alicyclic amines) is 1. The molecule has 2 aliphatic heterocycles. The number of hydroxylamine groups is 3. The molecule has 0 radical (unpaired) electrons. The topological polar surface area (TPSA) is 105 Å². The molecule has 0 bridgehead atoms. The van der Waals surface area contributed by atoms with Crippen molar-refractivity contribution in [2.24, 2.45) is 0 Å². The molecule has 2 saturated heterocycles. The minimum absolute atomic E-state index is 0.0221. The molecule has 4 amide bonds. The average molecular weight is 389 g/mol. The van der Waals surface area contributed by atoms with Crippen LogP contribution in [0.3, 0.4) is 0 Å². The van der Waals surface area contributed by atoms with E-state index in [0.29, 0.717) is 18.0 Å². The summed E-state index contributed by atoms with van der Waals surface area (Å²) in [7, 11) is 0. The van der Waals surface area contributed by atoms with Gasteiger partial charge < -0.3 is 9.74 Å². The minimum Gasteiger partial charge on any atom is -0.328 e. The first kappa shape index (κ1) is 19.8. The van der Waals surface area contributed by atoms with Gasteiger partial charge in [0.05, 0.1) is 6.61 Å². The number of carbonyl (C=O) groups is 4. The summed E-state index contributed by atoms with van der Waals surface area (Å²) < 4.78 is 0. The SMILES string of the molecule is O=C(ON1C(=O)CCC1=O)[C@@H]1CCCCCN1C(=O)NOCc1ccccc1. The van der Waals surface area contributed by atoms with Crippen LogP contribution in [0.2, 0.25) is 0 Å². The maximum absolute atomic E-state index is 12.6. The van der Waals surface area contributed by atoms with E-state index in [0.717, 1.165) is 24.8 Å². The van der Waals surface area contributed by atoms with E-state index in [1.165, 1.54) is 4.90 Å². The Kier molecular flexibility index (Phi) is 6.59. The first-order chi connectivity index (χ1) is 13.6. The van der Waals surface area contributed by atoms with Gasteiger partial charge in [-0.1, -0.05) is 43.2 Å². The van der Waals surface area contributed by atoms with Crippen molar-refractivity contribution in [1.29, 1.82) is 0 Å². The Morgan fingerprint density at radius 1 is 1.04 bits per heavy atom. The van der Waals surface area contributed by atoms with Gasteiger partial charge in [-0.25, -0.2) is 15.1 Å². The molecule has 1 N–H and O–H groups in total. The van der Waals surface area contributed by atoms with Crippen molar-refractivity contribution < 1.29 is 28.9 Å². The third-order valence-electron chi connectivity index (χ3n) is 4.71. The van der Waals surface area contributed by atoms with Gasteiger partial charge in [-0.3, -0.25) is 14.4 Å². The Morgan fingerprint density at radius 3 is 2.46 bits per heavy atom. The lowest BCUT2D eigenvalue weighted by Gasteiger charge is -2.28. The van der Waals surface area contributed by atoms with Crippen molar-refractivity contribution in [1.82, 2.24) is 15.4 Å². The van der Waals surface area contributed by atoms with Crippen LogP contribution in [-0.4, -0.2) is 46.4 Å². The van der Waals surface area contributed by atoms with Crippen LogP contribution in [0.5, 0.6) is 0 Å². The third-order valence-corrected chi connectivity index (χ3v) is 4.71. The minimum atomic E-state index is -0.885. The van der Waals surface area contributed by atoms with Crippen LogP contribution in [0.15, 0.2) is 30.3 Å². The van der Waals surface area contributed by atoms with Crippen molar-refractivity contribution in [3.05, 3.63) is 35.9 Å². The normalized spacial score (nSPS) is 20.1. The lowest BCUT2D eigenvalue weighted by Crippen LogP contribution is -2.51. The van der Waals surface area contributed by atoms with Gasteiger partial charge in [-0.2, -0.15) is 0 Å². The molecular weight excluding hydrogens is 366 g/mol. The number of carbonyl (C=O) groups excluding carboxylic acids is 4. The van der Waals surface area contributed by atoms with E-state index in [1.54, 1.807) is 0 Å². The van der Waals surface area contributed by atoms with E-state index < -0.39 is 29.9 Å². The molecule has 9 nitrogen and oxygen atoms in total. The Balaban J connectivity index is 1.59. The molecule has 9 heteroatoms. The summed E-state index contributed by atoms with van der Waals surface area (Å²) in [4.78, 5) is 60.1. The van der Waals surface area contributed by atoms with Crippen LogP contribution in [0.1, 0.15) is 44.1 Å². The summed E-state index contributed by atoms with van der Waals surface area (Å²) in [5.41, 5.74) is 3.25. The smallest absolute Gasteiger partial charge is 0.328 e. The third kappa shape index (κ3) is 4.86. The van der Waals surface area contributed by atoms with Crippen molar-refractivity contribution >= 4 is 23.8 Å². The highest BCUT2D eigenvalue weighted by atomic mass is 16.7. The van der Waals surface area contributed by atoms with Gasteiger partial charge in [-0.05, 0) is 18.4 Å². The number of imide groups is 1. The number of nitrogens with zero attached hydrogens (tertiary/aromatic N) is 2. The van der Waals surface area contributed by atoms with E-state index in [2.05, 4.69) is 5.48 Å². The fraction of sp³-hybridized carbons (Fsp3) is 0.474. The Labute approximate surface area is 162 Å². The van der Waals surface area contributed by atoms with Crippen LogP contribution < -0.4 is 5.48 Å². The maximum atomic E-state index is 12.6. The number of rotatable bonds is 5. The van der Waals surface area contributed by atoms with Crippen LogP contribution in [0.25, 0.3) is 0 Å². The summed E-state index contributed by atoms with van der Waals surface area (Å²) in [6.45, 7) is 0.536. The number of hydrogen-bond donors (Lipinski definition) is 1. The van der Waals surface area contributed by atoms with Crippen LogP contribution in [-0.2, 0) is 30.7 Å². The molecule has 0 aliphatic carbocycles. The van der Waals surface area contributed by atoms with Gasteiger partial charge in [0.25, 0.3) is 11.8 Å².